The van der Waals surface area contributed by atoms with Crippen molar-refractivity contribution in [2.24, 2.45) is 0 Å². The Labute approximate surface area is 214 Å². The van der Waals surface area contributed by atoms with E-state index in [0.29, 0.717) is 38.6 Å². The summed E-state index contributed by atoms with van der Waals surface area (Å²) in [7, 11) is -4.58. The Hall–Kier alpha value is -3.99. The normalized spacial score (nSPS) is 13.8. The number of hydrogen-bond acceptors (Lipinski definition) is 8. The van der Waals surface area contributed by atoms with E-state index in [-0.39, 0.29) is 5.75 Å². The Morgan fingerprint density at radius 1 is 0.838 bits per heavy atom. The van der Waals surface area contributed by atoms with Crippen LogP contribution in [-0.4, -0.2) is 49.4 Å². The van der Waals surface area contributed by atoms with Crippen molar-refractivity contribution < 1.29 is 31.4 Å². The highest BCUT2D eigenvalue weighted by Crippen LogP contribution is 2.39. The molecule has 0 amide bonds. The number of nitrogens with zero attached hydrogens (tertiary/aromatic N) is 2. The van der Waals surface area contributed by atoms with Crippen LogP contribution in [0.15, 0.2) is 79.1 Å². The molecule has 6 rings (SSSR count). The lowest BCUT2D eigenvalue weighted by Crippen LogP contribution is -2.12. The summed E-state index contributed by atoms with van der Waals surface area (Å²) in [6.45, 7) is 1.75. The maximum Gasteiger partial charge on any atom is 0.446 e. The van der Waals surface area contributed by atoms with Crippen LogP contribution in [0.2, 0.25) is 0 Å². The molecule has 2 aromatic heterocycles. The molecule has 2 aliphatic rings. The van der Waals surface area contributed by atoms with Crippen molar-refractivity contribution in [3.63, 3.8) is 0 Å². The molecule has 0 aliphatic carbocycles. The van der Waals surface area contributed by atoms with Gasteiger partial charge in [-0.1, -0.05) is 24.3 Å². The van der Waals surface area contributed by atoms with Crippen molar-refractivity contribution >= 4 is 10.4 Å². The van der Waals surface area contributed by atoms with Gasteiger partial charge in [-0.25, -0.2) is 0 Å². The Bertz CT molecular complexity index is 1470. The molecule has 2 bridgehead atoms. The molecule has 190 valence electrons. The van der Waals surface area contributed by atoms with E-state index in [9.17, 15) is 8.42 Å². The number of hydrogen-bond donors (Lipinski definition) is 1. The van der Waals surface area contributed by atoms with Gasteiger partial charge in [-0.2, -0.15) is 8.42 Å². The van der Waals surface area contributed by atoms with Crippen LogP contribution >= 0.6 is 0 Å². The van der Waals surface area contributed by atoms with Gasteiger partial charge in [0.15, 0.2) is 0 Å². The van der Waals surface area contributed by atoms with Crippen LogP contribution in [0.1, 0.15) is 11.3 Å². The van der Waals surface area contributed by atoms with Gasteiger partial charge < -0.3 is 18.4 Å². The minimum Gasteiger partial charge on any atom is -0.491 e. The van der Waals surface area contributed by atoms with Gasteiger partial charge >= 0.3 is 10.4 Å². The Balaban J connectivity index is 1.53. The maximum absolute atomic E-state index is 11.0. The summed E-state index contributed by atoms with van der Waals surface area (Å²) in [6.07, 6.45) is 3.88. The summed E-state index contributed by atoms with van der Waals surface area (Å²) in [4.78, 5) is 9.35. The van der Waals surface area contributed by atoms with Crippen molar-refractivity contribution in [2.75, 3.05) is 26.4 Å². The Morgan fingerprint density at radius 2 is 1.59 bits per heavy atom. The second-order valence-corrected chi connectivity index (χ2v) is 9.22. The molecule has 0 fully saturated rings. The van der Waals surface area contributed by atoms with E-state index in [1.165, 1.54) is 12.1 Å². The van der Waals surface area contributed by atoms with Crippen LogP contribution in [0.3, 0.4) is 0 Å². The van der Waals surface area contributed by atoms with Gasteiger partial charge in [-0.3, -0.25) is 14.5 Å². The Kier molecular flexibility index (Phi) is 7.31. The van der Waals surface area contributed by atoms with Gasteiger partial charge in [0.2, 0.25) is 0 Å². The van der Waals surface area contributed by atoms with E-state index < -0.39 is 10.4 Å². The highest BCUT2D eigenvalue weighted by atomic mass is 32.3. The first-order chi connectivity index (χ1) is 18.0. The van der Waals surface area contributed by atoms with Crippen LogP contribution in [-0.2, 0) is 21.6 Å². The van der Waals surface area contributed by atoms with E-state index >= 15 is 0 Å². The maximum atomic E-state index is 11.0. The third-order valence-electron chi connectivity index (χ3n) is 5.68. The predicted molar refractivity (Wildman–Crippen MR) is 136 cm³/mol. The van der Waals surface area contributed by atoms with Crippen LogP contribution in [0.25, 0.3) is 22.4 Å². The third-order valence-corrected chi connectivity index (χ3v) is 6.08. The molecule has 0 spiro atoms. The summed E-state index contributed by atoms with van der Waals surface area (Å²) in [6, 6.07) is 19.8. The fraction of sp³-hybridized carbons (Fsp3) is 0.185. The predicted octanol–water partition coefficient (Wildman–Crippen LogP) is 4.37. The van der Waals surface area contributed by atoms with Gasteiger partial charge in [-0.15, -0.1) is 0 Å². The smallest absolute Gasteiger partial charge is 0.446 e. The van der Waals surface area contributed by atoms with Crippen molar-refractivity contribution in [3.8, 4) is 39.6 Å². The molecule has 4 heterocycles. The standard InChI is InChI=1S/C27H24N2O7S/c30-37(31,32)36-22-7-3-19(4-8-22)18-24-23(2-1-12-28-24)27-26-20-5-9-21(10-6-20)34-16-14-33-15-17-35-25(26)11-13-29-27/h1-13H,14-18H2,(H,30,31,32). The lowest BCUT2D eigenvalue weighted by atomic mass is 9.95. The first-order valence-corrected chi connectivity index (χ1v) is 13.0. The molecule has 4 aromatic rings. The highest BCUT2D eigenvalue weighted by molar-refractivity contribution is 7.81. The van der Waals surface area contributed by atoms with Gasteiger partial charge in [-0.05, 0) is 53.6 Å². The molecule has 10 heteroatoms. The molecule has 0 saturated carbocycles. The van der Waals surface area contributed by atoms with Crippen LogP contribution in [0.5, 0.6) is 17.2 Å². The summed E-state index contributed by atoms with van der Waals surface area (Å²) in [5, 5.41) is 0. The van der Waals surface area contributed by atoms with Crippen molar-refractivity contribution in [3.05, 3.63) is 90.4 Å². The number of ether oxygens (including phenoxy) is 3. The SMILES string of the molecule is O=S(=O)(O)Oc1ccc(Cc2ncccc2-c2nccc3c2-c2ccc(cc2)OCCOCCO3)cc1. The van der Waals surface area contributed by atoms with Gasteiger partial charge in [0.05, 0.1) is 30.2 Å². The second kappa shape index (κ2) is 11.0. The largest absolute Gasteiger partial charge is 0.491 e. The molecular formula is C27H24N2O7S. The minimum atomic E-state index is -4.58. The lowest BCUT2D eigenvalue weighted by molar-refractivity contribution is 0.0767. The van der Waals surface area contributed by atoms with Gasteiger partial charge in [0.25, 0.3) is 0 Å². The van der Waals surface area contributed by atoms with E-state index in [4.69, 9.17) is 23.7 Å². The molecule has 37 heavy (non-hydrogen) atoms. The second-order valence-electron chi connectivity index (χ2n) is 8.20. The molecule has 0 radical (unpaired) electrons. The van der Waals surface area contributed by atoms with Crippen LogP contribution in [0.4, 0.5) is 0 Å². The number of fused-ring (bicyclic) bond motifs is 8. The molecular weight excluding hydrogens is 496 g/mol. The first-order valence-electron chi connectivity index (χ1n) is 11.6. The van der Waals surface area contributed by atoms with Crippen molar-refractivity contribution in [1.82, 2.24) is 9.97 Å². The molecule has 2 aromatic carbocycles. The zero-order valence-electron chi connectivity index (χ0n) is 19.7. The Morgan fingerprint density at radius 3 is 2.35 bits per heavy atom. The van der Waals surface area contributed by atoms with Crippen molar-refractivity contribution in [1.29, 1.82) is 0 Å². The average molecular weight is 521 g/mol. The topological polar surface area (TPSA) is 117 Å². The highest BCUT2D eigenvalue weighted by Gasteiger charge is 2.19. The first kappa shape index (κ1) is 24.7. The molecule has 2 aliphatic heterocycles. The van der Waals surface area contributed by atoms with E-state index in [1.807, 2.05) is 42.5 Å². The molecule has 1 N–H and O–H groups in total. The van der Waals surface area contributed by atoms with Crippen LogP contribution < -0.4 is 13.7 Å². The zero-order chi connectivity index (χ0) is 25.7. The number of pyridine rings is 2. The van der Waals surface area contributed by atoms with E-state index in [2.05, 4.69) is 9.17 Å². The number of rotatable bonds is 5. The summed E-state index contributed by atoms with van der Waals surface area (Å²) in [5.74, 6) is 1.45. The number of benzene rings is 2. The summed E-state index contributed by atoms with van der Waals surface area (Å²) >= 11 is 0. The third kappa shape index (κ3) is 6.23. The van der Waals surface area contributed by atoms with E-state index in [0.717, 1.165) is 39.4 Å². The van der Waals surface area contributed by atoms with Gasteiger partial charge in [0, 0.05) is 24.4 Å². The number of aromatic nitrogens is 2. The molecule has 0 unspecified atom stereocenters. The molecule has 0 atom stereocenters. The summed E-state index contributed by atoms with van der Waals surface area (Å²) < 4.78 is 52.8. The average Bonchev–Trinajstić information content (AvgIpc) is 2.91. The fourth-order valence-corrected chi connectivity index (χ4v) is 4.42. The van der Waals surface area contributed by atoms with Crippen molar-refractivity contribution in [2.45, 2.75) is 6.42 Å². The molecule has 0 saturated heterocycles. The van der Waals surface area contributed by atoms with Crippen LogP contribution in [0, 0.1) is 0 Å². The van der Waals surface area contributed by atoms with E-state index in [1.54, 1.807) is 24.5 Å². The minimum absolute atomic E-state index is 0.0154. The fourth-order valence-electron chi connectivity index (χ4n) is 4.07. The quantitative estimate of drug-likeness (QED) is 0.302. The molecule has 9 nitrogen and oxygen atoms in total. The zero-order valence-corrected chi connectivity index (χ0v) is 20.6. The monoisotopic (exact) mass is 520 g/mol. The summed E-state index contributed by atoms with van der Waals surface area (Å²) in [5.41, 5.74) is 4.96. The lowest BCUT2D eigenvalue weighted by Gasteiger charge is -2.17. The van der Waals surface area contributed by atoms with Gasteiger partial charge in [0.1, 0.15) is 30.5 Å².